The minimum atomic E-state index is 0.264. The fourth-order valence-corrected chi connectivity index (χ4v) is 5.00. The molecule has 1 fully saturated rings. The lowest BCUT2D eigenvalue weighted by Crippen LogP contribution is -2.46. The highest BCUT2D eigenvalue weighted by atomic mass is 32.2. The summed E-state index contributed by atoms with van der Waals surface area (Å²) in [6, 6.07) is 5.82. The first kappa shape index (κ1) is 18.4. The van der Waals surface area contributed by atoms with Crippen molar-refractivity contribution in [3.63, 3.8) is 0 Å². The minimum Gasteiger partial charge on any atom is -0.461 e. The molecular formula is C18H20N8OS2. The van der Waals surface area contributed by atoms with Crippen LogP contribution < -0.4 is 10.6 Å². The van der Waals surface area contributed by atoms with Crippen LogP contribution in [-0.4, -0.2) is 61.9 Å². The lowest BCUT2D eigenvalue weighted by atomic mass is 10.2. The van der Waals surface area contributed by atoms with E-state index in [1.165, 1.54) is 14.3 Å². The van der Waals surface area contributed by atoms with Crippen LogP contribution in [0.2, 0.25) is 0 Å². The number of aromatic nitrogens is 5. The number of thioether (sulfide) groups is 1. The number of thiophene rings is 1. The molecule has 1 saturated heterocycles. The van der Waals surface area contributed by atoms with Gasteiger partial charge in [-0.3, -0.25) is 4.90 Å². The molecular weight excluding hydrogens is 408 g/mol. The highest BCUT2D eigenvalue weighted by Crippen LogP contribution is 2.28. The van der Waals surface area contributed by atoms with Crippen molar-refractivity contribution in [2.45, 2.75) is 10.8 Å². The first-order valence-electron chi connectivity index (χ1n) is 9.23. The number of fused-ring (bicyclic) bond motifs is 1. The smallest absolute Gasteiger partial charge is 0.259 e. The molecule has 0 spiro atoms. The molecule has 9 nitrogen and oxygen atoms in total. The van der Waals surface area contributed by atoms with Gasteiger partial charge in [-0.25, -0.2) is 0 Å². The second-order valence-corrected chi connectivity index (χ2v) is 8.70. The summed E-state index contributed by atoms with van der Waals surface area (Å²) in [6.07, 6.45) is 3.71. The van der Waals surface area contributed by atoms with Crippen LogP contribution in [0.5, 0.6) is 0 Å². The summed E-state index contributed by atoms with van der Waals surface area (Å²) in [5.41, 5.74) is 7.53. The molecule has 2 N–H and O–H groups in total. The van der Waals surface area contributed by atoms with Crippen LogP contribution >= 0.6 is 23.1 Å². The summed E-state index contributed by atoms with van der Waals surface area (Å²) in [4.78, 5) is 18.1. The van der Waals surface area contributed by atoms with Crippen LogP contribution in [0.25, 0.3) is 17.4 Å². The third kappa shape index (κ3) is 3.56. The van der Waals surface area contributed by atoms with E-state index in [1.54, 1.807) is 18.4 Å². The Labute approximate surface area is 175 Å². The van der Waals surface area contributed by atoms with Crippen LogP contribution in [0, 0.1) is 0 Å². The van der Waals surface area contributed by atoms with Gasteiger partial charge in [0.05, 0.1) is 10.5 Å². The molecule has 5 heterocycles. The van der Waals surface area contributed by atoms with Gasteiger partial charge in [0.15, 0.2) is 5.76 Å². The van der Waals surface area contributed by atoms with E-state index in [-0.39, 0.29) is 5.95 Å². The third-order valence-corrected chi connectivity index (χ3v) is 7.07. The van der Waals surface area contributed by atoms with E-state index < -0.39 is 0 Å². The first-order valence-corrected chi connectivity index (χ1v) is 11.3. The molecule has 0 aliphatic carbocycles. The second-order valence-electron chi connectivity index (χ2n) is 6.71. The monoisotopic (exact) mass is 428 g/mol. The van der Waals surface area contributed by atoms with Gasteiger partial charge in [0.25, 0.3) is 5.78 Å². The highest BCUT2D eigenvalue weighted by Gasteiger charge is 2.22. The Bertz CT molecular complexity index is 1110. The van der Waals surface area contributed by atoms with Gasteiger partial charge < -0.3 is 15.1 Å². The molecule has 0 saturated carbocycles. The summed E-state index contributed by atoms with van der Waals surface area (Å²) < 4.78 is 8.20. The fourth-order valence-electron chi connectivity index (χ4n) is 3.41. The van der Waals surface area contributed by atoms with E-state index >= 15 is 0 Å². The van der Waals surface area contributed by atoms with Crippen molar-refractivity contribution >= 4 is 40.8 Å². The number of nitrogen functional groups attached to an aromatic ring is 1. The van der Waals surface area contributed by atoms with E-state index in [9.17, 15) is 0 Å². The van der Waals surface area contributed by atoms with Crippen molar-refractivity contribution in [1.82, 2.24) is 29.5 Å². The standard InChI is InChI=1S/C18H20N8OS2/c1-28-15-12(4-10-29-15)11-24-5-7-25(8-6-24)17-21-16(19)26-18(22-17)20-14(23-26)13-3-2-9-27-13/h2-4,9-10H,5-8,11H2,1H3,(H2,19,20,21,22,23). The normalized spacial score (nSPS) is 15.4. The van der Waals surface area contributed by atoms with Gasteiger partial charge in [-0.15, -0.1) is 28.2 Å². The molecule has 0 aromatic carbocycles. The van der Waals surface area contributed by atoms with Crippen LogP contribution in [0.4, 0.5) is 11.9 Å². The van der Waals surface area contributed by atoms with Crippen LogP contribution in [0.1, 0.15) is 5.56 Å². The Balaban J connectivity index is 1.31. The SMILES string of the molecule is CSc1sccc1CN1CCN(c2nc(N)n3nc(-c4ccco4)nc3n2)CC1. The number of hydrogen-bond acceptors (Lipinski definition) is 10. The van der Waals surface area contributed by atoms with Gasteiger partial charge in [0.1, 0.15) is 0 Å². The van der Waals surface area contributed by atoms with E-state index in [1.807, 2.05) is 23.1 Å². The van der Waals surface area contributed by atoms with Crippen molar-refractivity contribution in [1.29, 1.82) is 0 Å². The number of rotatable bonds is 5. The topological polar surface area (TPSA) is 102 Å². The molecule has 0 bridgehead atoms. The quantitative estimate of drug-likeness (QED) is 0.480. The number of anilines is 2. The summed E-state index contributed by atoms with van der Waals surface area (Å²) in [5.74, 6) is 2.29. The Hall–Kier alpha value is -2.63. The largest absolute Gasteiger partial charge is 0.461 e. The lowest BCUT2D eigenvalue weighted by Gasteiger charge is -2.34. The van der Waals surface area contributed by atoms with Gasteiger partial charge in [-0.2, -0.15) is 19.5 Å². The van der Waals surface area contributed by atoms with E-state index in [2.05, 4.69) is 47.6 Å². The highest BCUT2D eigenvalue weighted by molar-refractivity contribution is 8.00. The number of piperazine rings is 1. The van der Waals surface area contributed by atoms with Crippen LogP contribution in [0.15, 0.2) is 38.5 Å². The Morgan fingerprint density at radius 3 is 2.79 bits per heavy atom. The average Bonchev–Trinajstić information content (AvgIpc) is 3.48. The zero-order chi connectivity index (χ0) is 19.8. The molecule has 1 aliphatic rings. The molecule has 4 aromatic heterocycles. The number of furan rings is 1. The van der Waals surface area contributed by atoms with Crippen molar-refractivity contribution in [2.75, 3.05) is 43.1 Å². The summed E-state index contributed by atoms with van der Waals surface area (Å²) >= 11 is 3.63. The molecule has 150 valence electrons. The lowest BCUT2D eigenvalue weighted by molar-refractivity contribution is 0.247. The van der Waals surface area contributed by atoms with Crippen molar-refractivity contribution in [3.05, 3.63) is 35.4 Å². The van der Waals surface area contributed by atoms with Gasteiger partial charge >= 0.3 is 0 Å². The van der Waals surface area contributed by atoms with Crippen LogP contribution in [-0.2, 0) is 6.54 Å². The van der Waals surface area contributed by atoms with Gasteiger partial charge in [0.2, 0.25) is 17.7 Å². The number of nitrogens with two attached hydrogens (primary N) is 1. The molecule has 0 atom stereocenters. The predicted molar refractivity (Wildman–Crippen MR) is 114 cm³/mol. The van der Waals surface area contributed by atoms with Gasteiger partial charge in [0, 0.05) is 32.7 Å². The van der Waals surface area contributed by atoms with Crippen molar-refractivity contribution in [3.8, 4) is 11.6 Å². The van der Waals surface area contributed by atoms with Crippen molar-refractivity contribution in [2.24, 2.45) is 0 Å². The summed E-state index contributed by atoms with van der Waals surface area (Å²) in [7, 11) is 0. The zero-order valence-corrected chi connectivity index (χ0v) is 17.5. The molecule has 29 heavy (non-hydrogen) atoms. The third-order valence-electron chi connectivity index (χ3n) is 4.90. The zero-order valence-electron chi connectivity index (χ0n) is 15.9. The minimum absolute atomic E-state index is 0.264. The molecule has 11 heteroatoms. The Morgan fingerprint density at radius 1 is 1.17 bits per heavy atom. The molecule has 0 unspecified atom stereocenters. The molecule has 0 radical (unpaired) electrons. The number of hydrogen-bond donors (Lipinski definition) is 1. The van der Waals surface area contributed by atoms with Crippen molar-refractivity contribution < 1.29 is 4.42 Å². The predicted octanol–water partition coefficient (Wildman–Crippen LogP) is 2.47. The molecule has 5 rings (SSSR count). The molecule has 4 aromatic rings. The molecule has 0 amide bonds. The van der Waals surface area contributed by atoms with E-state index in [0.29, 0.717) is 23.3 Å². The van der Waals surface area contributed by atoms with Gasteiger partial charge in [-0.1, -0.05) is 0 Å². The molecule has 1 aliphatic heterocycles. The maximum absolute atomic E-state index is 6.12. The Kier molecular flexibility index (Phi) is 4.86. The first-order chi connectivity index (χ1) is 14.2. The van der Waals surface area contributed by atoms with Gasteiger partial charge in [-0.05, 0) is 35.4 Å². The van der Waals surface area contributed by atoms with Crippen LogP contribution in [0.3, 0.4) is 0 Å². The maximum atomic E-state index is 6.12. The summed E-state index contributed by atoms with van der Waals surface area (Å²) in [6.45, 7) is 4.55. The van der Waals surface area contributed by atoms with E-state index in [4.69, 9.17) is 10.2 Å². The second kappa shape index (κ2) is 7.65. The average molecular weight is 429 g/mol. The van der Waals surface area contributed by atoms with E-state index in [0.717, 1.165) is 32.7 Å². The summed E-state index contributed by atoms with van der Waals surface area (Å²) in [5, 5.41) is 6.51. The fraction of sp³-hybridized carbons (Fsp3) is 0.333. The number of nitrogens with zero attached hydrogens (tertiary/aromatic N) is 7. The maximum Gasteiger partial charge on any atom is 0.259 e. The Morgan fingerprint density at radius 2 is 2.03 bits per heavy atom.